The molecule has 0 amide bonds. The fourth-order valence-corrected chi connectivity index (χ4v) is 2.69. The summed E-state index contributed by atoms with van der Waals surface area (Å²) < 4.78 is 24.2. The first-order valence-corrected chi connectivity index (χ1v) is 7.06. The lowest BCUT2D eigenvalue weighted by molar-refractivity contribution is 0.287. The normalized spacial score (nSPS) is 22.1. The van der Waals surface area contributed by atoms with Crippen LogP contribution < -0.4 is 0 Å². The maximum absolute atomic E-state index is 11.3. The highest BCUT2D eigenvalue weighted by Gasteiger charge is 2.20. The topological polar surface area (TPSA) is 40.6 Å². The number of hydrogen-bond acceptors (Lipinski definition) is 3. The predicted octanol–water partition coefficient (Wildman–Crippen LogP) is 0.364. The third kappa shape index (κ3) is 3.55. The van der Waals surface area contributed by atoms with E-state index in [4.69, 9.17) is 0 Å². The van der Waals surface area contributed by atoms with Crippen molar-refractivity contribution in [3.8, 4) is 0 Å². The molecule has 14 heavy (non-hydrogen) atoms. The molecule has 4 nitrogen and oxygen atoms in total. The van der Waals surface area contributed by atoms with Gasteiger partial charge in [-0.3, -0.25) is 0 Å². The molecule has 1 aliphatic rings. The van der Waals surface area contributed by atoms with Crippen LogP contribution in [0.25, 0.3) is 0 Å². The Kier molecular flexibility index (Phi) is 4.34. The number of hydrogen-bond donors (Lipinski definition) is 0. The molecular formula is C9H20N2O2S. The van der Waals surface area contributed by atoms with Gasteiger partial charge in [0.15, 0.2) is 0 Å². The Balaban J connectivity index is 2.49. The Morgan fingerprint density at radius 3 is 2.43 bits per heavy atom. The molecule has 0 unspecified atom stereocenters. The van der Waals surface area contributed by atoms with Crippen LogP contribution in [-0.2, 0) is 10.0 Å². The molecule has 0 aromatic rings. The van der Waals surface area contributed by atoms with Crippen LogP contribution in [0.2, 0.25) is 0 Å². The summed E-state index contributed by atoms with van der Waals surface area (Å²) in [6.45, 7) is 6.47. The second-order valence-electron chi connectivity index (χ2n) is 3.86. The van der Waals surface area contributed by atoms with Gasteiger partial charge in [0.25, 0.3) is 0 Å². The van der Waals surface area contributed by atoms with Crippen LogP contribution >= 0.6 is 0 Å². The fraction of sp³-hybridized carbons (Fsp3) is 1.00. The second kappa shape index (κ2) is 5.09. The Bertz CT molecular complexity index is 264. The van der Waals surface area contributed by atoms with Gasteiger partial charge in [-0.2, -0.15) is 0 Å². The van der Waals surface area contributed by atoms with E-state index >= 15 is 0 Å². The Labute approximate surface area is 86.9 Å². The number of sulfonamides is 1. The SMILES string of the molecule is CCCN1CCCN(S(C)(=O)=O)CC1. The first-order chi connectivity index (χ1) is 6.54. The summed E-state index contributed by atoms with van der Waals surface area (Å²) in [6.07, 6.45) is 3.38. The van der Waals surface area contributed by atoms with Gasteiger partial charge >= 0.3 is 0 Å². The zero-order valence-corrected chi connectivity index (χ0v) is 9.89. The number of nitrogens with zero attached hydrogens (tertiary/aromatic N) is 2. The summed E-state index contributed by atoms with van der Waals surface area (Å²) in [5.74, 6) is 0. The van der Waals surface area contributed by atoms with Gasteiger partial charge in [0, 0.05) is 19.6 Å². The second-order valence-corrected chi connectivity index (χ2v) is 5.84. The quantitative estimate of drug-likeness (QED) is 0.690. The van der Waals surface area contributed by atoms with Gasteiger partial charge in [-0.05, 0) is 25.9 Å². The largest absolute Gasteiger partial charge is 0.302 e. The lowest BCUT2D eigenvalue weighted by Crippen LogP contribution is -2.34. The van der Waals surface area contributed by atoms with Crippen molar-refractivity contribution in [3.05, 3.63) is 0 Å². The van der Waals surface area contributed by atoms with Crippen LogP contribution in [0.4, 0.5) is 0 Å². The van der Waals surface area contributed by atoms with Gasteiger partial charge in [0.05, 0.1) is 6.26 Å². The van der Waals surface area contributed by atoms with Crippen molar-refractivity contribution in [2.24, 2.45) is 0 Å². The summed E-state index contributed by atoms with van der Waals surface area (Å²) >= 11 is 0. The lowest BCUT2D eigenvalue weighted by Gasteiger charge is -2.19. The maximum Gasteiger partial charge on any atom is 0.211 e. The minimum atomic E-state index is -2.98. The molecular weight excluding hydrogens is 200 g/mol. The van der Waals surface area contributed by atoms with E-state index in [1.54, 1.807) is 4.31 Å². The van der Waals surface area contributed by atoms with Crippen LogP contribution in [0.15, 0.2) is 0 Å². The summed E-state index contributed by atoms with van der Waals surface area (Å²) in [6, 6.07) is 0. The van der Waals surface area contributed by atoms with Crippen molar-refractivity contribution in [1.29, 1.82) is 0 Å². The molecule has 1 saturated heterocycles. The molecule has 1 aliphatic heterocycles. The average Bonchev–Trinajstić information content (AvgIpc) is 2.29. The van der Waals surface area contributed by atoms with Gasteiger partial charge in [-0.1, -0.05) is 6.92 Å². The van der Waals surface area contributed by atoms with E-state index in [1.165, 1.54) is 6.26 Å². The monoisotopic (exact) mass is 220 g/mol. The van der Waals surface area contributed by atoms with E-state index in [-0.39, 0.29) is 0 Å². The summed E-state index contributed by atoms with van der Waals surface area (Å²) in [7, 11) is -2.98. The summed E-state index contributed by atoms with van der Waals surface area (Å²) in [5.41, 5.74) is 0. The molecule has 0 atom stereocenters. The zero-order chi connectivity index (χ0) is 10.6. The summed E-state index contributed by atoms with van der Waals surface area (Å²) in [5, 5.41) is 0. The molecule has 0 aromatic heterocycles. The van der Waals surface area contributed by atoms with Gasteiger partial charge in [-0.25, -0.2) is 12.7 Å². The van der Waals surface area contributed by atoms with E-state index in [1.807, 2.05) is 0 Å². The predicted molar refractivity (Wildman–Crippen MR) is 57.8 cm³/mol. The highest BCUT2D eigenvalue weighted by molar-refractivity contribution is 7.88. The minimum Gasteiger partial charge on any atom is -0.302 e. The molecule has 0 aliphatic carbocycles. The van der Waals surface area contributed by atoms with Crippen molar-refractivity contribution in [2.75, 3.05) is 39.0 Å². The Morgan fingerprint density at radius 1 is 1.14 bits per heavy atom. The average molecular weight is 220 g/mol. The highest BCUT2D eigenvalue weighted by Crippen LogP contribution is 2.06. The van der Waals surface area contributed by atoms with Crippen molar-refractivity contribution in [1.82, 2.24) is 9.21 Å². The van der Waals surface area contributed by atoms with Crippen LogP contribution in [0.5, 0.6) is 0 Å². The smallest absolute Gasteiger partial charge is 0.211 e. The molecule has 0 N–H and O–H groups in total. The molecule has 1 fully saturated rings. The van der Waals surface area contributed by atoms with Crippen molar-refractivity contribution in [2.45, 2.75) is 19.8 Å². The molecule has 0 spiro atoms. The van der Waals surface area contributed by atoms with E-state index in [0.717, 1.165) is 32.5 Å². The Hall–Kier alpha value is -0.130. The Morgan fingerprint density at radius 2 is 1.86 bits per heavy atom. The number of rotatable bonds is 3. The van der Waals surface area contributed by atoms with Gasteiger partial charge in [0.1, 0.15) is 0 Å². The molecule has 0 saturated carbocycles. The van der Waals surface area contributed by atoms with Crippen LogP contribution in [0.3, 0.4) is 0 Å². The first-order valence-electron chi connectivity index (χ1n) is 5.21. The third-order valence-corrected chi connectivity index (χ3v) is 3.86. The van der Waals surface area contributed by atoms with E-state index < -0.39 is 10.0 Å². The van der Waals surface area contributed by atoms with Gasteiger partial charge in [0.2, 0.25) is 10.0 Å². The molecule has 84 valence electrons. The van der Waals surface area contributed by atoms with Crippen LogP contribution in [0.1, 0.15) is 19.8 Å². The molecule has 0 radical (unpaired) electrons. The van der Waals surface area contributed by atoms with Gasteiger partial charge < -0.3 is 4.90 Å². The van der Waals surface area contributed by atoms with E-state index in [0.29, 0.717) is 13.1 Å². The molecule has 0 aromatic carbocycles. The minimum absolute atomic E-state index is 0.652. The molecule has 5 heteroatoms. The molecule has 0 bridgehead atoms. The van der Waals surface area contributed by atoms with E-state index in [9.17, 15) is 8.42 Å². The van der Waals surface area contributed by atoms with Crippen LogP contribution in [-0.4, -0.2) is 56.6 Å². The maximum atomic E-state index is 11.3. The standard InChI is InChI=1S/C9H20N2O2S/c1-3-5-10-6-4-7-11(9-8-10)14(2,12)13/h3-9H2,1-2H3. The first kappa shape index (κ1) is 11.9. The van der Waals surface area contributed by atoms with Crippen molar-refractivity contribution in [3.63, 3.8) is 0 Å². The van der Waals surface area contributed by atoms with Crippen molar-refractivity contribution < 1.29 is 8.42 Å². The van der Waals surface area contributed by atoms with Crippen molar-refractivity contribution >= 4 is 10.0 Å². The van der Waals surface area contributed by atoms with E-state index in [2.05, 4.69) is 11.8 Å². The fourth-order valence-electron chi connectivity index (χ4n) is 1.82. The third-order valence-electron chi connectivity index (χ3n) is 2.56. The lowest BCUT2D eigenvalue weighted by atomic mass is 10.3. The van der Waals surface area contributed by atoms with Gasteiger partial charge in [-0.15, -0.1) is 0 Å². The summed E-state index contributed by atoms with van der Waals surface area (Å²) in [4.78, 5) is 2.34. The van der Waals surface area contributed by atoms with Crippen LogP contribution in [0, 0.1) is 0 Å². The molecule has 1 rings (SSSR count). The molecule has 1 heterocycles. The highest BCUT2D eigenvalue weighted by atomic mass is 32.2. The zero-order valence-electron chi connectivity index (χ0n) is 9.07.